The lowest BCUT2D eigenvalue weighted by atomic mass is 9.94. The first-order valence-corrected chi connectivity index (χ1v) is 8.59. The van der Waals surface area contributed by atoms with Crippen molar-refractivity contribution in [1.29, 1.82) is 0 Å². The van der Waals surface area contributed by atoms with E-state index in [9.17, 15) is 4.79 Å². The minimum Gasteiger partial charge on any atom is -0.370 e. The number of allylic oxidation sites excluding steroid dienone is 3. The quantitative estimate of drug-likeness (QED) is 0.871. The van der Waals surface area contributed by atoms with Crippen molar-refractivity contribution in [2.45, 2.75) is 38.1 Å². The van der Waals surface area contributed by atoms with Crippen LogP contribution in [0.3, 0.4) is 0 Å². The summed E-state index contributed by atoms with van der Waals surface area (Å²) in [5.74, 6) is 0.965. The summed E-state index contributed by atoms with van der Waals surface area (Å²) in [4.78, 5) is 19.1. The number of nitrogens with zero attached hydrogens (tertiary/aromatic N) is 3. The maximum absolute atomic E-state index is 12.7. The Hall–Kier alpha value is -2.17. The van der Waals surface area contributed by atoms with Gasteiger partial charge in [-0.15, -0.1) is 0 Å². The molecular weight excluding hydrogens is 288 g/mol. The Morgan fingerprint density at radius 1 is 1.39 bits per heavy atom. The van der Waals surface area contributed by atoms with Crippen LogP contribution in [0.2, 0.25) is 0 Å². The molecule has 0 radical (unpaired) electrons. The smallest absolute Gasteiger partial charge is 0.327 e. The van der Waals surface area contributed by atoms with E-state index < -0.39 is 0 Å². The second-order valence-corrected chi connectivity index (χ2v) is 6.68. The molecular formula is C18H24N4O. The molecule has 23 heavy (non-hydrogen) atoms. The molecule has 0 aromatic carbocycles. The molecule has 4 rings (SSSR count). The van der Waals surface area contributed by atoms with Gasteiger partial charge in [0, 0.05) is 31.5 Å². The highest BCUT2D eigenvalue weighted by atomic mass is 16.2. The molecule has 4 aliphatic rings. The lowest BCUT2D eigenvalue weighted by Crippen LogP contribution is -2.50. The van der Waals surface area contributed by atoms with Crippen molar-refractivity contribution in [3.05, 3.63) is 48.2 Å². The number of carbonyl (C=O) groups excluding carboxylic acids is 1. The van der Waals surface area contributed by atoms with Gasteiger partial charge < -0.3 is 15.1 Å². The SMILES string of the molecule is CCC1=CN(C(=O)NCC23CC=CN2CCC3)C2=CC=CCN12. The summed E-state index contributed by atoms with van der Waals surface area (Å²) < 4.78 is 0. The molecule has 0 aliphatic carbocycles. The highest BCUT2D eigenvalue weighted by Gasteiger charge is 2.42. The molecule has 1 unspecified atom stereocenters. The van der Waals surface area contributed by atoms with E-state index in [1.165, 1.54) is 12.1 Å². The van der Waals surface area contributed by atoms with Crippen LogP contribution in [0.15, 0.2) is 48.2 Å². The van der Waals surface area contributed by atoms with Gasteiger partial charge in [0.1, 0.15) is 5.82 Å². The van der Waals surface area contributed by atoms with Gasteiger partial charge >= 0.3 is 6.03 Å². The number of amides is 2. The van der Waals surface area contributed by atoms with E-state index in [0.717, 1.165) is 38.2 Å². The summed E-state index contributed by atoms with van der Waals surface area (Å²) in [6.07, 6.45) is 16.9. The maximum atomic E-state index is 12.7. The lowest BCUT2D eigenvalue weighted by molar-refractivity contribution is 0.194. The van der Waals surface area contributed by atoms with E-state index in [1.807, 2.05) is 18.4 Å². The number of hydrogen-bond donors (Lipinski definition) is 1. The van der Waals surface area contributed by atoms with Crippen molar-refractivity contribution in [2.24, 2.45) is 0 Å². The van der Waals surface area contributed by atoms with E-state index in [4.69, 9.17) is 0 Å². The third-order valence-electron chi connectivity index (χ3n) is 5.40. The summed E-state index contributed by atoms with van der Waals surface area (Å²) >= 11 is 0. The van der Waals surface area contributed by atoms with Crippen LogP contribution in [0, 0.1) is 0 Å². The van der Waals surface area contributed by atoms with Crippen molar-refractivity contribution >= 4 is 6.03 Å². The fourth-order valence-corrected chi connectivity index (χ4v) is 4.11. The van der Waals surface area contributed by atoms with Gasteiger partial charge in [-0.2, -0.15) is 0 Å². The molecule has 0 saturated carbocycles. The third kappa shape index (κ3) is 2.26. The average molecular weight is 312 g/mol. The van der Waals surface area contributed by atoms with Crippen molar-refractivity contribution in [1.82, 2.24) is 20.0 Å². The molecule has 4 aliphatic heterocycles. The number of carbonyl (C=O) groups is 1. The van der Waals surface area contributed by atoms with Crippen LogP contribution in [0.1, 0.15) is 32.6 Å². The Morgan fingerprint density at radius 2 is 2.30 bits per heavy atom. The monoisotopic (exact) mass is 312 g/mol. The molecule has 122 valence electrons. The second kappa shape index (κ2) is 5.48. The minimum absolute atomic E-state index is 0.0203. The number of urea groups is 1. The van der Waals surface area contributed by atoms with E-state index >= 15 is 0 Å². The van der Waals surface area contributed by atoms with Crippen molar-refractivity contribution in [3.8, 4) is 0 Å². The fourth-order valence-electron chi connectivity index (χ4n) is 4.11. The van der Waals surface area contributed by atoms with E-state index in [0.29, 0.717) is 6.54 Å². The molecule has 0 aromatic rings. The molecule has 1 fully saturated rings. The molecule has 1 N–H and O–H groups in total. The Labute approximate surface area is 137 Å². The topological polar surface area (TPSA) is 38.8 Å². The predicted octanol–water partition coefficient (Wildman–Crippen LogP) is 2.73. The number of fused-ring (bicyclic) bond motifs is 2. The zero-order chi connectivity index (χ0) is 15.9. The molecule has 5 heteroatoms. The van der Waals surface area contributed by atoms with Gasteiger partial charge in [-0.05, 0) is 38.0 Å². The van der Waals surface area contributed by atoms with E-state index in [2.05, 4.69) is 40.4 Å². The molecule has 5 nitrogen and oxygen atoms in total. The van der Waals surface area contributed by atoms with Crippen LogP contribution in [-0.4, -0.2) is 45.9 Å². The Morgan fingerprint density at radius 3 is 3.17 bits per heavy atom. The molecule has 4 heterocycles. The van der Waals surface area contributed by atoms with Crippen LogP contribution >= 0.6 is 0 Å². The first-order valence-electron chi connectivity index (χ1n) is 8.59. The van der Waals surface area contributed by atoms with Crippen LogP contribution in [0.4, 0.5) is 4.79 Å². The van der Waals surface area contributed by atoms with Crippen molar-refractivity contribution in [2.75, 3.05) is 19.6 Å². The number of rotatable bonds is 3. The highest BCUT2D eigenvalue weighted by molar-refractivity contribution is 5.78. The van der Waals surface area contributed by atoms with Gasteiger partial charge in [0.25, 0.3) is 0 Å². The summed E-state index contributed by atoms with van der Waals surface area (Å²) in [5, 5.41) is 3.18. The molecule has 1 saturated heterocycles. The molecule has 0 bridgehead atoms. The molecule has 2 amide bonds. The summed E-state index contributed by atoms with van der Waals surface area (Å²) in [6.45, 7) is 4.80. The number of hydrogen-bond acceptors (Lipinski definition) is 3. The Bertz CT molecular complexity index is 633. The van der Waals surface area contributed by atoms with E-state index in [-0.39, 0.29) is 11.6 Å². The largest absolute Gasteiger partial charge is 0.370 e. The molecule has 1 atom stereocenters. The van der Waals surface area contributed by atoms with Crippen LogP contribution < -0.4 is 5.32 Å². The first kappa shape index (κ1) is 14.4. The normalized spacial score (nSPS) is 28.0. The fraction of sp³-hybridized carbons (Fsp3) is 0.500. The summed E-state index contributed by atoms with van der Waals surface area (Å²) in [6, 6.07) is -0.0203. The average Bonchev–Trinajstić information content (AvgIpc) is 3.24. The van der Waals surface area contributed by atoms with Gasteiger partial charge in [-0.1, -0.05) is 25.2 Å². The van der Waals surface area contributed by atoms with Crippen molar-refractivity contribution in [3.63, 3.8) is 0 Å². The maximum Gasteiger partial charge on any atom is 0.327 e. The molecule has 0 spiro atoms. The van der Waals surface area contributed by atoms with Gasteiger partial charge in [-0.25, -0.2) is 4.79 Å². The van der Waals surface area contributed by atoms with Crippen molar-refractivity contribution < 1.29 is 4.79 Å². The number of nitrogens with one attached hydrogen (secondary N) is 1. The third-order valence-corrected chi connectivity index (χ3v) is 5.40. The standard InChI is InChI=1S/C18H24N4O/c1-2-15-13-22(16-7-3-4-12-21(15)16)17(23)19-14-18-8-5-10-20(18)11-6-9-18/h3-5,7,10,13H,2,6,8-9,11-12,14H2,1H3,(H,19,23). The van der Waals surface area contributed by atoms with Crippen LogP contribution in [0.25, 0.3) is 0 Å². The summed E-state index contributed by atoms with van der Waals surface area (Å²) in [5.41, 5.74) is 1.31. The van der Waals surface area contributed by atoms with Gasteiger partial charge in [0.2, 0.25) is 0 Å². The lowest BCUT2D eigenvalue weighted by Gasteiger charge is -2.34. The Kier molecular flexibility index (Phi) is 3.43. The zero-order valence-corrected chi connectivity index (χ0v) is 13.7. The van der Waals surface area contributed by atoms with Crippen LogP contribution in [-0.2, 0) is 0 Å². The van der Waals surface area contributed by atoms with Gasteiger partial charge in [0.15, 0.2) is 0 Å². The highest BCUT2D eigenvalue weighted by Crippen LogP contribution is 2.37. The first-order chi connectivity index (χ1) is 11.2. The molecule has 0 aromatic heterocycles. The zero-order valence-electron chi connectivity index (χ0n) is 13.7. The van der Waals surface area contributed by atoms with E-state index in [1.54, 1.807) is 4.90 Å². The summed E-state index contributed by atoms with van der Waals surface area (Å²) in [7, 11) is 0. The minimum atomic E-state index is -0.0203. The Balaban J connectivity index is 1.46. The van der Waals surface area contributed by atoms with Crippen LogP contribution in [0.5, 0.6) is 0 Å². The predicted molar refractivity (Wildman–Crippen MR) is 90.0 cm³/mol. The van der Waals surface area contributed by atoms with Gasteiger partial charge in [-0.3, -0.25) is 4.90 Å². The van der Waals surface area contributed by atoms with Gasteiger partial charge in [0.05, 0.1) is 5.54 Å². The second-order valence-electron chi connectivity index (χ2n) is 6.68.